The fourth-order valence-electron chi connectivity index (χ4n) is 4.25. The Kier molecular flexibility index (Phi) is 17.1. The molecule has 2 unspecified atom stereocenters. The summed E-state index contributed by atoms with van der Waals surface area (Å²) in [4.78, 5) is 12.7. The molecule has 0 bridgehead atoms. The third-order valence-corrected chi connectivity index (χ3v) is 10.5. The molecule has 184 valence electrons. The van der Waals surface area contributed by atoms with Crippen molar-refractivity contribution in [2.24, 2.45) is 5.92 Å². The molecule has 1 aliphatic rings. The fourth-order valence-corrected chi connectivity index (χ4v) is 8.55. The number of hydrogen-bond acceptors (Lipinski definition) is 6. The second-order valence-corrected chi connectivity index (χ2v) is 12.4. The minimum atomic E-state index is -2.56. The second kappa shape index (κ2) is 18.4. The van der Waals surface area contributed by atoms with E-state index in [1.54, 1.807) is 0 Å². The Hall–Kier alpha value is -0.0831. The zero-order valence-corrected chi connectivity index (χ0v) is 22.4. The van der Waals surface area contributed by atoms with E-state index in [-0.39, 0.29) is 11.9 Å². The van der Waals surface area contributed by atoms with Gasteiger partial charge in [0.15, 0.2) is 0 Å². The van der Waals surface area contributed by atoms with Gasteiger partial charge in [0.1, 0.15) is 0 Å². The molecule has 0 radical (unpaired) electrons. The van der Waals surface area contributed by atoms with Crippen molar-refractivity contribution >= 4 is 26.5 Å². The van der Waals surface area contributed by atoms with E-state index in [1.165, 1.54) is 38.5 Å². The number of hydrogen-bond donors (Lipinski definition) is 0. The lowest BCUT2D eigenvalue weighted by Crippen LogP contribution is -2.46. The SMILES string of the molecule is CCCCCCCCOC(=O)C1CCCCC1SCCC[Si](OCC)(OCC)OCC. The first-order chi connectivity index (χ1) is 15.1. The smallest absolute Gasteiger partial charge is 0.465 e. The normalized spacial score (nSPS) is 19.5. The van der Waals surface area contributed by atoms with Gasteiger partial charge in [-0.2, -0.15) is 11.8 Å². The van der Waals surface area contributed by atoms with Crippen molar-refractivity contribution in [3.05, 3.63) is 0 Å². The van der Waals surface area contributed by atoms with Gasteiger partial charge in [-0.05, 0) is 52.2 Å². The first-order valence-corrected chi connectivity index (χ1v) is 15.8. The van der Waals surface area contributed by atoms with Gasteiger partial charge in [-0.25, -0.2) is 0 Å². The van der Waals surface area contributed by atoms with E-state index in [0.29, 0.717) is 31.7 Å². The summed E-state index contributed by atoms with van der Waals surface area (Å²) in [5, 5.41) is 0.383. The molecule has 5 nitrogen and oxygen atoms in total. The first kappa shape index (κ1) is 28.9. The second-order valence-electron chi connectivity index (χ2n) is 8.32. The molecule has 1 aliphatic carbocycles. The number of esters is 1. The van der Waals surface area contributed by atoms with Crippen LogP contribution < -0.4 is 0 Å². The topological polar surface area (TPSA) is 54.0 Å². The van der Waals surface area contributed by atoms with E-state index in [4.69, 9.17) is 18.0 Å². The molecule has 0 aromatic heterocycles. The Balaban J connectivity index is 2.38. The highest BCUT2D eigenvalue weighted by Crippen LogP contribution is 2.35. The molecule has 2 atom stereocenters. The molecule has 0 N–H and O–H groups in total. The average Bonchev–Trinajstić information content (AvgIpc) is 2.77. The zero-order chi connectivity index (χ0) is 22.8. The van der Waals surface area contributed by atoms with Crippen molar-refractivity contribution in [1.29, 1.82) is 0 Å². The molecule has 0 aliphatic heterocycles. The largest absolute Gasteiger partial charge is 0.500 e. The van der Waals surface area contributed by atoms with Crippen LogP contribution in [0.3, 0.4) is 0 Å². The van der Waals surface area contributed by atoms with Gasteiger partial charge >= 0.3 is 14.8 Å². The molecule has 0 aromatic rings. The summed E-state index contributed by atoms with van der Waals surface area (Å²) in [6.45, 7) is 10.7. The third kappa shape index (κ3) is 12.1. The molecule has 1 rings (SSSR count). The minimum Gasteiger partial charge on any atom is -0.465 e. The van der Waals surface area contributed by atoms with Gasteiger partial charge in [-0.1, -0.05) is 51.9 Å². The molecule has 0 saturated heterocycles. The number of unbranched alkanes of at least 4 members (excludes halogenated alkanes) is 5. The van der Waals surface area contributed by atoms with Crippen LogP contribution in [0.1, 0.15) is 98.3 Å². The number of carbonyl (C=O) groups excluding carboxylic acids is 1. The fraction of sp³-hybridized carbons (Fsp3) is 0.958. The van der Waals surface area contributed by atoms with Crippen LogP contribution in [0.5, 0.6) is 0 Å². The van der Waals surface area contributed by atoms with Crippen LogP contribution in [0.4, 0.5) is 0 Å². The van der Waals surface area contributed by atoms with Crippen LogP contribution in [0, 0.1) is 5.92 Å². The summed E-state index contributed by atoms with van der Waals surface area (Å²) < 4.78 is 23.5. The van der Waals surface area contributed by atoms with Crippen molar-refractivity contribution in [3.63, 3.8) is 0 Å². The van der Waals surface area contributed by atoms with E-state index in [0.717, 1.165) is 43.9 Å². The predicted octanol–water partition coefficient (Wildman–Crippen LogP) is 6.62. The van der Waals surface area contributed by atoms with E-state index in [2.05, 4.69) is 6.92 Å². The van der Waals surface area contributed by atoms with E-state index in [1.807, 2.05) is 32.5 Å². The Morgan fingerprint density at radius 1 is 0.839 bits per heavy atom. The highest BCUT2D eigenvalue weighted by molar-refractivity contribution is 7.99. The highest BCUT2D eigenvalue weighted by Gasteiger charge is 2.40. The van der Waals surface area contributed by atoms with Crippen LogP contribution in [-0.2, 0) is 22.8 Å². The van der Waals surface area contributed by atoms with Crippen LogP contribution in [0.25, 0.3) is 0 Å². The zero-order valence-electron chi connectivity index (χ0n) is 20.6. The number of thioether (sulfide) groups is 1. The first-order valence-electron chi connectivity index (χ1n) is 12.8. The van der Waals surface area contributed by atoms with Crippen LogP contribution in [0.15, 0.2) is 0 Å². The Bertz CT molecular complexity index is 435. The minimum absolute atomic E-state index is 0.0347. The third-order valence-electron chi connectivity index (χ3n) is 5.80. The van der Waals surface area contributed by atoms with Crippen molar-refractivity contribution < 1.29 is 22.8 Å². The summed E-state index contributed by atoms with van der Waals surface area (Å²) in [7, 11) is -2.56. The average molecular weight is 477 g/mol. The lowest BCUT2D eigenvalue weighted by Gasteiger charge is -2.30. The summed E-state index contributed by atoms with van der Waals surface area (Å²) >= 11 is 1.94. The van der Waals surface area contributed by atoms with Gasteiger partial charge in [-0.3, -0.25) is 4.79 Å². The van der Waals surface area contributed by atoms with E-state index in [9.17, 15) is 4.79 Å². The summed E-state index contributed by atoms with van der Waals surface area (Å²) in [5.74, 6) is 1.10. The van der Waals surface area contributed by atoms with Gasteiger partial charge < -0.3 is 18.0 Å². The van der Waals surface area contributed by atoms with Crippen LogP contribution in [0.2, 0.25) is 6.04 Å². The van der Waals surface area contributed by atoms with Gasteiger partial charge in [0.05, 0.1) is 12.5 Å². The van der Waals surface area contributed by atoms with Crippen molar-refractivity contribution in [1.82, 2.24) is 0 Å². The maximum atomic E-state index is 12.7. The lowest BCUT2D eigenvalue weighted by molar-refractivity contribution is -0.149. The Morgan fingerprint density at radius 2 is 1.45 bits per heavy atom. The summed E-state index contributed by atoms with van der Waals surface area (Å²) in [5.41, 5.74) is 0. The van der Waals surface area contributed by atoms with Crippen LogP contribution >= 0.6 is 11.8 Å². The monoisotopic (exact) mass is 476 g/mol. The van der Waals surface area contributed by atoms with Crippen molar-refractivity contribution in [2.45, 2.75) is 110 Å². The molecule has 0 aromatic carbocycles. The Morgan fingerprint density at radius 3 is 2.10 bits per heavy atom. The number of carbonyl (C=O) groups is 1. The molecule has 0 amide bonds. The number of rotatable bonds is 19. The Labute approximate surface area is 197 Å². The predicted molar refractivity (Wildman–Crippen MR) is 133 cm³/mol. The highest BCUT2D eigenvalue weighted by atomic mass is 32.2. The molecule has 31 heavy (non-hydrogen) atoms. The molecule has 7 heteroatoms. The van der Waals surface area contributed by atoms with Gasteiger partial charge in [-0.15, -0.1) is 0 Å². The van der Waals surface area contributed by atoms with E-state index >= 15 is 0 Å². The maximum Gasteiger partial charge on any atom is 0.500 e. The quantitative estimate of drug-likeness (QED) is 0.119. The molecule has 1 fully saturated rings. The molecular formula is C24H48O5SSi. The number of ether oxygens (including phenoxy) is 1. The lowest BCUT2D eigenvalue weighted by atomic mass is 9.89. The summed E-state index contributed by atoms with van der Waals surface area (Å²) in [6, 6.07) is 0.843. The molecule has 0 heterocycles. The van der Waals surface area contributed by atoms with Crippen molar-refractivity contribution in [3.8, 4) is 0 Å². The summed E-state index contributed by atoms with van der Waals surface area (Å²) in [6.07, 6.45) is 12.7. The standard InChI is InChI=1S/C24H48O5SSi/c1-5-9-10-11-12-15-19-26-24(25)22-17-13-14-18-23(22)30-20-16-21-31(27-6-2,28-7-3)29-8-4/h22-23H,5-21H2,1-4H3. The molecule has 0 spiro atoms. The van der Waals surface area contributed by atoms with Gasteiger partial charge in [0.2, 0.25) is 0 Å². The maximum absolute atomic E-state index is 12.7. The van der Waals surface area contributed by atoms with Gasteiger partial charge in [0, 0.05) is 31.1 Å². The van der Waals surface area contributed by atoms with Crippen molar-refractivity contribution in [2.75, 3.05) is 32.2 Å². The van der Waals surface area contributed by atoms with Crippen LogP contribution in [-0.4, -0.2) is 52.2 Å². The molecule has 1 saturated carbocycles. The molecular weight excluding hydrogens is 428 g/mol. The van der Waals surface area contributed by atoms with E-state index < -0.39 is 8.80 Å². The van der Waals surface area contributed by atoms with Gasteiger partial charge in [0.25, 0.3) is 0 Å².